The van der Waals surface area contributed by atoms with Crippen molar-refractivity contribution in [2.45, 2.75) is 18.3 Å². The third-order valence-corrected chi connectivity index (χ3v) is 8.95. The standard InChI is InChI=1S/C27H27N3O4S/c28-17-18-1-3-21-23(15-18)29-26-24(21)25(31)20-4-2-19(16-22(20)27(26)5-10-33-11-6-27)34-12-7-30-8-13-35(32)14-9-30/h1-4,15-16,29H,5-14H2. The molecule has 0 saturated carbocycles. The molecular formula is C27H27N3O4S. The molecular weight excluding hydrogens is 462 g/mol. The van der Waals surface area contributed by atoms with E-state index in [4.69, 9.17) is 9.47 Å². The predicted molar refractivity (Wildman–Crippen MR) is 134 cm³/mol. The quantitative estimate of drug-likeness (QED) is 0.605. The fourth-order valence-corrected chi connectivity index (χ4v) is 6.90. The lowest BCUT2D eigenvalue weighted by Crippen LogP contribution is -2.41. The van der Waals surface area contributed by atoms with Crippen molar-refractivity contribution in [3.63, 3.8) is 0 Å². The molecule has 2 saturated heterocycles. The summed E-state index contributed by atoms with van der Waals surface area (Å²) in [6.45, 7) is 4.26. The molecule has 0 amide bonds. The molecule has 0 radical (unpaired) electrons. The van der Waals surface area contributed by atoms with Crippen LogP contribution < -0.4 is 4.74 Å². The van der Waals surface area contributed by atoms with Crippen molar-refractivity contribution in [3.05, 3.63) is 64.3 Å². The van der Waals surface area contributed by atoms with Crippen LogP contribution in [0.5, 0.6) is 5.75 Å². The van der Waals surface area contributed by atoms with Crippen molar-refractivity contribution < 1.29 is 18.5 Å². The van der Waals surface area contributed by atoms with Gasteiger partial charge in [-0.2, -0.15) is 5.26 Å². The van der Waals surface area contributed by atoms with E-state index in [1.165, 1.54) is 0 Å². The minimum Gasteiger partial charge on any atom is -0.492 e. The number of nitriles is 1. The smallest absolute Gasteiger partial charge is 0.195 e. The molecule has 0 atom stereocenters. The summed E-state index contributed by atoms with van der Waals surface area (Å²) in [6.07, 6.45) is 1.54. The molecule has 3 aliphatic rings. The number of benzene rings is 2. The van der Waals surface area contributed by atoms with Crippen molar-refractivity contribution in [1.29, 1.82) is 5.26 Å². The van der Waals surface area contributed by atoms with Gasteiger partial charge in [0, 0.05) is 82.7 Å². The Hall–Kier alpha value is -2.99. The summed E-state index contributed by atoms with van der Waals surface area (Å²) in [5.74, 6) is 2.23. The second kappa shape index (κ2) is 8.90. The molecule has 1 N–H and O–H groups in total. The van der Waals surface area contributed by atoms with Crippen LogP contribution in [0.1, 0.15) is 45.6 Å². The van der Waals surface area contributed by atoms with Gasteiger partial charge >= 0.3 is 0 Å². The average Bonchev–Trinajstić information content (AvgIpc) is 3.29. The first-order valence-electron chi connectivity index (χ1n) is 12.1. The maximum absolute atomic E-state index is 13.7. The van der Waals surface area contributed by atoms with E-state index in [0.717, 1.165) is 83.0 Å². The van der Waals surface area contributed by atoms with Crippen LogP contribution in [0.15, 0.2) is 36.4 Å². The first-order valence-corrected chi connectivity index (χ1v) is 13.6. The lowest BCUT2D eigenvalue weighted by molar-refractivity contribution is 0.0601. The third-order valence-electron chi connectivity index (χ3n) is 7.68. The third kappa shape index (κ3) is 3.79. The van der Waals surface area contributed by atoms with Gasteiger partial charge < -0.3 is 14.5 Å². The van der Waals surface area contributed by atoms with Crippen LogP contribution in [0.25, 0.3) is 10.9 Å². The minimum absolute atomic E-state index is 0.0101. The van der Waals surface area contributed by atoms with Gasteiger partial charge in [-0.15, -0.1) is 0 Å². The Labute approximate surface area is 206 Å². The van der Waals surface area contributed by atoms with Crippen LogP contribution in [0.3, 0.4) is 0 Å². The summed E-state index contributed by atoms with van der Waals surface area (Å²) in [5, 5.41) is 10.2. The number of carbonyl (C=O) groups is 1. The van der Waals surface area contributed by atoms with Crippen LogP contribution in [-0.2, 0) is 21.0 Å². The van der Waals surface area contributed by atoms with E-state index in [-0.39, 0.29) is 11.2 Å². The van der Waals surface area contributed by atoms with Crippen LogP contribution >= 0.6 is 0 Å². The van der Waals surface area contributed by atoms with Gasteiger partial charge in [0.25, 0.3) is 0 Å². The molecule has 8 heteroatoms. The molecule has 7 nitrogen and oxygen atoms in total. The number of aromatic nitrogens is 1. The van der Waals surface area contributed by atoms with Gasteiger partial charge in [0.1, 0.15) is 12.4 Å². The van der Waals surface area contributed by atoms with Crippen molar-refractivity contribution in [1.82, 2.24) is 9.88 Å². The highest BCUT2D eigenvalue weighted by Crippen LogP contribution is 2.50. The highest BCUT2D eigenvalue weighted by molar-refractivity contribution is 7.85. The molecule has 1 spiro atoms. The molecule has 6 rings (SSSR count). The number of hydrogen-bond donors (Lipinski definition) is 1. The molecule has 35 heavy (non-hydrogen) atoms. The van der Waals surface area contributed by atoms with E-state index >= 15 is 0 Å². The van der Waals surface area contributed by atoms with Gasteiger partial charge in [0.05, 0.1) is 17.2 Å². The number of nitrogens with one attached hydrogen (secondary N) is 1. The second-order valence-electron chi connectivity index (χ2n) is 9.52. The van der Waals surface area contributed by atoms with Gasteiger partial charge in [-0.1, -0.05) is 6.07 Å². The van der Waals surface area contributed by atoms with Gasteiger partial charge in [0.15, 0.2) is 5.78 Å². The largest absolute Gasteiger partial charge is 0.492 e. The number of carbonyl (C=O) groups excluding carboxylic acids is 1. The number of rotatable bonds is 4. The summed E-state index contributed by atoms with van der Waals surface area (Å²) in [6, 6.07) is 13.5. The first kappa shape index (κ1) is 22.5. The molecule has 0 bridgehead atoms. The zero-order valence-electron chi connectivity index (χ0n) is 19.5. The number of hydrogen-bond acceptors (Lipinski definition) is 6. The van der Waals surface area contributed by atoms with Crippen LogP contribution in [0.2, 0.25) is 0 Å². The maximum Gasteiger partial charge on any atom is 0.195 e. The second-order valence-corrected chi connectivity index (χ2v) is 11.2. The Morgan fingerprint density at radius 2 is 1.94 bits per heavy atom. The van der Waals surface area contributed by atoms with Crippen molar-refractivity contribution >= 4 is 27.5 Å². The maximum atomic E-state index is 13.7. The number of H-pyrrole nitrogens is 1. The first-order chi connectivity index (χ1) is 17.1. The van der Waals surface area contributed by atoms with E-state index in [1.807, 2.05) is 30.3 Å². The minimum atomic E-state index is -0.684. The summed E-state index contributed by atoms with van der Waals surface area (Å²) in [4.78, 5) is 19.6. The van der Waals surface area contributed by atoms with E-state index in [0.29, 0.717) is 25.4 Å². The summed E-state index contributed by atoms with van der Waals surface area (Å²) in [7, 11) is -0.684. The van der Waals surface area contributed by atoms with Gasteiger partial charge in [-0.3, -0.25) is 13.9 Å². The number of fused-ring (bicyclic) bond motifs is 6. The molecule has 180 valence electrons. The highest BCUT2D eigenvalue weighted by atomic mass is 32.2. The molecule has 2 fully saturated rings. The Bertz CT molecular complexity index is 1370. The van der Waals surface area contributed by atoms with E-state index in [1.54, 1.807) is 6.07 Å². The summed E-state index contributed by atoms with van der Waals surface area (Å²) in [5.41, 5.74) is 4.39. The fourth-order valence-electron chi connectivity index (χ4n) is 5.77. The molecule has 1 aromatic heterocycles. The van der Waals surface area contributed by atoms with E-state index in [2.05, 4.69) is 16.0 Å². The highest BCUT2D eigenvalue weighted by Gasteiger charge is 2.47. The zero-order chi connectivity index (χ0) is 24.0. The Morgan fingerprint density at radius 3 is 2.71 bits per heavy atom. The summed E-state index contributed by atoms with van der Waals surface area (Å²) < 4.78 is 23.5. The van der Waals surface area contributed by atoms with Gasteiger partial charge in [0.2, 0.25) is 0 Å². The molecule has 1 aliphatic carbocycles. The number of aromatic amines is 1. The van der Waals surface area contributed by atoms with Crippen molar-refractivity contribution in [2.24, 2.45) is 0 Å². The topological polar surface area (TPSA) is 95.4 Å². The Kier molecular flexibility index (Phi) is 5.72. The average molecular weight is 490 g/mol. The van der Waals surface area contributed by atoms with Crippen LogP contribution in [0.4, 0.5) is 0 Å². The fraction of sp³-hybridized carbons (Fsp3) is 0.407. The lowest BCUT2D eigenvalue weighted by Gasteiger charge is -2.41. The van der Waals surface area contributed by atoms with E-state index < -0.39 is 10.8 Å². The molecule has 2 aliphatic heterocycles. The van der Waals surface area contributed by atoms with Gasteiger partial charge in [-0.05, 0) is 48.7 Å². The normalized spacial score (nSPS) is 19.9. The molecule has 2 aromatic carbocycles. The zero-order valence-corrected chi connectivity index (χ0v) is 20.3. The lowest BCUT2D eigenvalue weighted by atomic mass is 9.64. The van der Waals surface area contributed by atoms with Crippen molar-refractivity contribution in [2.75, 3.05) is 51.0 Å². The van der Waals surface area contributed by atoms with Crippen LogP contribution in [0, 0.1) is 11.3 Å². The monoisotopic (exact) mass is 489 g/mol. The summed E-state index contributed by atoms with van der Waals surface area (Å²) >= 11 is 0. The molecule has 3 heterocycles. The van der Waals surface area contributed by atoms with Crippen LogP contribution in [-0.4, -0.2) is 70.8 Å². The van der Waals surface area contributed by atoms with Crippen molar-refractivity contribution in [3.8, 4) is 11.8 Å². The predicted octanol–water partition coefficient (Wildman–Crippen LogP) is 3.12. The van der Waals surface area contributed by atoms with Gasteiger partial charge in [-0.25, -0.2) is 0 Å². The number of ketones is 1. The molecule has 3 aromatic rings. The number of nitrogens with zero attached hydrogens (tertiary/aromatic N) is 2. The van der Waals surface area contributed by atoms with E-state index in [9.17, 15) is 14.3 Å². The SMILES string of the molecule is N#Cc1ccc2c3c([nH]c2c1)C1(CCOCC1)c1cc(OCCN2CCS(=O)CC2)ccc1C3=O. The Morgan fingerprint density at radius 1 is 1.14 bits per heavy atom. The number of ether oxygens (including phenoxy) is 2. The Balaban J connectivity index is 1.35. The molecule has 0 unspecified atom stereocenters.